The standard InChI is InChI=1S/C13H26O8/c1-2-16-3-4-17-5-6-18-7-8-19-9-10-20-11-12-21-13(14)15/h2-12H2,1H3,(H,14,15). The Hall–Kier alpha value is -0.930. The molecule has 0 atom stereocenters. The van der Waals surface area contributed by atoms with Crippen LogP contribution in [0.2, 0.25) is 0 Å². The van der Waals surface area contributed by atoms with Crippen LogP contribution in [-0.4, -0.2) is 83.9 Å². The molecule has 0 aromatic carbocycles. The molecule has 0 aromatic heterocycles. The number of hydrogen-bond acceptors (Lipinski definition) is 7. The minimum atomic E-state index is -1.30. The molecule has 0 aromatic rings. The van der Waals surface area contributed by atoms with Crippen LogP contribution in [0.1, 0.15) is 6.92 Å². The summed E-state index contributed by atoms with van der Waals surface area (Å²) in [5.74, 6) is 0. The smallest absolute Gasteiger partial charge is 0.450 e. The van der Waals surface area contributed by atoms with Crippen molar-refractivity contribution in [2.24, 2.45) is 0 Å². The van der Waals surface area contributed by atoms with Crippen molar-refractivity contribution < 1.29 is 38.3 Å². The highest BCUT2D eigenvalue weighted by atomic mass is 16.7. The molecule has 0 aliphatic rings. The third-order valence-electron chi connectivity index (χ3n) is 2.15. The predicted molar refractivity (Wildman–Crippen MR) is 73.7 cm³/mol. The molecule has 0 unspecified atom stereocenters. The third kappa shape index (κ3) is 19.1. The van der Waals surface area contributed by atoms with Crippen LogP contribution >= 0.6 is 0 Å². The molecule has 0 bridgehead atoms. The quantitative estimate of drug-likeness (QED) is 0.330. The molecule has 0 radical (unpaired) electrons. The van der Waals surface area contributed by atoms with Gasteiger partial charge in [0.25, 0.3) is 0 Å². The van der Waals surface area contributed by atoms with Crippen LogP contribution in [0.25, 0.3) is 0 Å². The van der Waals surface area contributed by atoms with Gasteiger partial charge in [-0.1, -0.05) is 0 Å². The van der Waals surface area contributed by atoms with Crippen molar-refractivity contribution in [3.05, 3.63) is 0 Å². The van der Waals surface area contributed by atoms with Crippen LogP contribution in [0.4, 0.5) is 4.79 Å². The summed E-state index contributed by atoms with van der Waals surface area (Å²) >= 11 is 0. The summed E-state index contributed by atoms with van der Waals surface area (Å²) in [6.45, 7) is 6.96. The lowest BCUT2D eigenvalue weighted by molar-refractivity contribution is -0.0145. The van der Waals surface area contributed by atoms with E-state index in [1.807, 2.05) is 6.92 Å². The fourth-order valence-electron chi connectivity index (χ4n) is 1.21. The molecule has 0 saturated heterocycles. The SMILES string of the molecule is CCOCCOCCOCCOCCOCCOC(=O)O. The summed E-state index contributed by atoms with van der Waals surface area (Å²) in [7, 11) is 0. The summed E-state index contributed by atoms with van der Waals surface area (Å²) in [4.78, 5) is 10.0. The maximum absolute atomic E-state index is 10.0. The first-order valence-corrected chi connectivity index (χ1v) is 7.01. The van der Waals surface area contributed by atoms with E-state index in [2.05, 4.69) is 4.74 Å². The molecule has 8 nitrogen and oxygen atoms in total. The van der Waals surface area contributed by atoms with Gasteiger partial charge in [-0.05, 0) is 6.92 Å². The minimum absolute atomic E-state index is 0.0295. The predicted octanol–water partition coefficient (Wildman–Crippen LogP) is 0.784. The second-order valence-electron chi connectivity index (χ2n) is 3.76. The molecule has 8 heteroatoms. The van der Waals surface area contributed by atoms with Gasteiger partial charge in [-0.2, -0.15) is 0 Å². The van der Waals surface area contributed by atoms with Gasteiger partial charge >= 0.3 is 6.16 Å². The largest absolute Gasteiger partial charge is 0.505 e. The van der Waals surface area contributed by atoms with E-state index >= 15 is 0 Å². The van der Waals surface area contributed by atoms with Gasteiger partial charge in [-0.3, -0.25) is 0 Å². The fraction of sp³-hybridized carbons (Fsp3) is 0.923. The molecule has 21 heavy (non-hydrogen) atoms. The van der Waals surface area contributed by atoms with Gasteiger partial charge in [0, 0.05) is 6.61 Å². The number of carbonyl (C=O) groups is 1. The van der Waals surface area contributed by atoms with Gasteiger partial charge in [0.2, 0.25) is 0 Å². The highest BCUT2D eigenvalue weighted by molar-refractivity contribution is 5.56. The summed E-state index contributed by atoms with van der Waals surface area (Å²) < 4.78 is 30.3. The highest BCUT2D eigenvalue weighted by Crippen LogP contribution is 1.84. The zero-order chi connectivity index (χ0) is 15.6. The normalized spacial score (nSPS) is 10.7. The van der Waals surface area contributed by atoms with E-state index in [0.29, 0.717) is 59.5 Å². The van der Waals surface area contributed by atoms with Crippen LogP contribution in [0.3, 0.4) is 0 Å². The van der Waals surface area contributed by atoms with E-state index in [1.165, 1.54) is 0 Å². The molecule has 0 aliphatic heterocycles. The van der Waals surface area contributed by atoms with Gasteiger partial charge in [0.1, 0.15) is 6.61 Å². The lowest BCUT2D eigenvalue weighted by Crippen LogP contribution is -2.14. The number of hydrogen-bond donors (Lipinski definition) is 1. The Morgan fingerprint density at radius 1 is 0.667 bits per heavy atom. The Balaban J connectivity index is 2.95. The maximum atomic E-state index is 10.0. The van der Waals surface area contributed by atoms with E-state index in [4.69, 9.17) is 28.8 Å². The Morgan fingerprint density at radius 2 is 1.00 bits per heavy atom. The zero-order valence-electron chi connectivity index (χ0n) is 12.6. The summed E-state index contributed by atoms with van der Waals surface area (Å²) in [6.07, 6.45) is -1.30. The molecule has 1 N–H and O–H groups in total. The average molecular weight is 310 g/mol. The van der Waals surface area contributed by atoms with Crippen LogP contribution < -0.4 is 0 Å². The molecule has 0 spiro atoms. The Morgan fingerprint density at radius 3 is 1.33 bits per heavy atom. The molecular formula is C13H26O8. The van der Waals surface area contributed by atoms with Crippen molar-refractivity contribution in [1.29, 1.82) is 0 Å². The molecule has 0 saturated carbocycles. The Labute approximate surface area is 125 Å². The fourth-order valence-corrected chi connectivity index (χ4v) is 1.21. The van der Waals surface area contributed by atoms with Crippen molar-refractivity contribution in [2.45, 2.75) is 6.92 Å². The zero-order valence-corrected chi connectivity index (χ0v) is 12.6. The average Bonchev–Trinajstić information content (AvgIpc) is 2.46. The summed E-state index contributed by atoms with van der Waals surface area (Å²) in [6, 6.07) is 0. The number of ether oxygens (including phenoxy) is 6. The van der Waals surface area contributed by atoms with Crippen molar-refractivity contribution in [3.8, 4) is 0 Å². The Bertz CT molecular complexity index is 224. The molecular weight excluding hydrogens is 284 g/mol. The van der Waals surface area contributed by atoms with Crippen molar-refractivity contribution in [2.75, 3.05) is 72.7 Å². The molecule has 0 heterocycles. The Kier molecular flexibility index (Phi) is 16.4. The van der Waals surface area contributed by atoms with E-state index in [-0.39, 0.29) is 13.2 Å². The first-order valence-electron chi connectivity index (χ1n) is 7.01. The summed E-state index contributed by atoms with van der Waals surface area (Å²) in [5, 5.41) is 8.20. The minimum Gasteiger partial charge on any atom is -0.450 e. The molecule has 0 amide bonds. The van der Waals surface area contributed by atoms with Crippen LogP contribution in [-0.2, 0) is 28.4 Å². The van der Waals surface area contributed by atoms with E-state index in [9.17, 15) is 4.79 Å². The monoisotopic (exact) mass is 310 g/mol. The van der Waals surface area contributed by atoms with Crippen LogP contribution in [0.5, 0.6) is 0 Å². The summed E-state index contributed by atoms with van der Waals surface area (Å²) in [5.41, 5.74) is 0. The van der Waals surface area contributed by atoms with Gasteiger partial charge < -0.3 is 33.5 Å². The third-order valence-corrected chi connectivity index (χ3v) is 2.15. The molecule has 0 fully saturated rings. The maximum Gasteiger partial charge on any atom is 0.505 e. The van der Waals surface area contributed by atoms with Crippen molar-refractivity contribution >= 4 is 6.16 Å². The molecule has 0 rings (SSSR count). The number of rotatable bonds is 16. The number of carboxylic acid groups (broad SMARTS) is 1. The lowest BCUT2D eigenvalue weighted by Gasteiger charge is -2.07. The van der Waals surface area contributed by atoms with Gasteiger partial charge in [0.05, 0.1) is 59.5 Å². The van der Waals surface area contributed by atoms with Gasteiger partial charge in [0.15, 0.2) is 0 Å². The first-order chi connectivity index (χ1) is 10.3. The van der Waals surface area contributed by atoms with E-state index in [0.717, 1.165) is 0 Å². The lowest BCUT2D eigenvalue weighted by atomic mass is 10.7. The van der Waals surface area contributed by atoms with Gasteiger partial charge in [-0.25, -0.2) is 4.79 Å². The first kappa shape index (κ1) is 20.1. The highest BCUT2D eigenvalue weighted by Gasteiger charge is 1.96. The van der Waals surface area contributed by atoms with E-state index < -0.39 is 6.16 Å². The van der Waals surface area contributed by atoms with E-state index in [1.54, 1.807) is 0 Å². The van der Waals surface area contributed by atoms with Crippen molar-refractivity contribution in [1.82, 2.24) is 0 Å². The second kappa shape index (κ2) is 17.1. The second-order valence-corrected chi connectivity index (χ2v) is 3.76. The van der Waals surface area contributed by atoms with Crippen LogP contribution in [0, 0.1) is 0 Å². The van der Waals surface area contributed by atoms with Crippen LogP contribution in [0.15, 0.2) is 0 Å². The van der Waals surface area contributed by atoms with Gasteiger partial charge in [-0.15, -0.1) is 0 Å². The molecule has 0 aliphatic carbocycles. The topological polar surface area (TPSA) is 92.7 Å². The van der Waals surface area contributed by atoms with Crippen molar-refractivity contribution in [3.63, 3.8) is 0 Å². The molecule has 126 valence electrons.